The summed E-state index contributed by atoms with van der Waals surface area (Å²) >= 11 is 0. The third-order valence-corrected chi connectivity index (χ3v) is 8.62. The molecule has 4 aliphatic rings. The highest BCUT2D eigenvalue weighted by molar-refractivity contribution is 5.98. The van der Waals surface area contributed by atoms with Crippen LogP contribution in [0.5, 0.6) is 0 Å². The van der Waals surface area contributed by atoms with Crippen LogP contribution in [0.25, 0.3) is 0 Å². The summed E-state index contributed by atoms with van der Waals surface area (Å²) in [5, 5.41) is 12.9. The average molecular weight is 480 g/mol. The molecule has 0 unspecified atom stereocenters. The van der Waals surface area contributed by atoms with E-state index in [2.05, 4.69) is 19.2 Å². The normalized spacial score (nSPS) is 43.2. The molecule has 1 aliphatic carbocycles. The predicted molar refractivity (Wildman–Crippen MR) is 128 cm³/mol. The number of rotatable bonds is 3. The molecule has 1 amide bonds. The molecule has 1 spiro atoms. The van der Waals surface area contributed by atoms with E-state index in [-0.39, 0.29) is 53.6 Å². The smallest absolute Gasteiger partial charge is 0.310 e. The Morgan fingerprint density at radius 1 is 1.14 bits per heavy atom. The van der Waals surface area contributed by atoms with Crippen molar-refractivity contribution in [1.82, 2.24) is 5.32 Å². The van der Waals surface area contributed by atoms with Crippen LogP contribution >= 0.6 is 0 Å². The van der Waals surface area contributed by atoms with Crippen molar-refractivity contribution in [2.45, 2.75) is 63.4 Å². The summed E-state index contributed by atoms with van der Waals surface area (Å²) in [5.74, 6) is -2.21. The van der Waals surface area contributed by atoms with Gasteiger partial charge in [0.05, 0.1) is 30.7 Å². The number of fused-ring (bicyclic) bond motifs is 2. The van der Waals surface area contributed by atoms with E-state index in [0.717, 1.165) is 5.56 Å². The molecule has 35 heavy (non-hydrogen) atoms. The molecule has 186 valence electrons. The second kappa shape index (κ2) is 8.71. The van der Waals surface area contributed by atoms with E-state index in [1.165, 1.54) is 6.08 Å². The Kier molecular flexibility index (Phi) is 5.96. The number of hydrogen-bond donors (Lipinski definition) is 2. The Hall–Kier alpha value is -2.77. The van der Waals surface area contributed by atoms with E-state index in [0.29, 0.717) is 12.8 Å². The van der Waals surface area contributed by atoms with Gasteiger partial charge in [-0.3, -0.25) is 14.4 Å². The lowest BCUT2D eigenvalue weighted by atomic mass is 9.59. The zero-order valence-electron chi connectivity index (χ0n) is 20.4. The van der Waals surface area contributed by atoms with E-state index in [9.17, 15) is 19.5 Å². The Bertz CT molecular complexity index is 1100. The van der Waals surface area contributed by atoms with Gasteiger partial charge in [-0.15, -0.1) is 0 Å². The van der Waals surface area contributed by atoms with Gasteiger partial charge in [0.25, 0.3) is 5.91 Å². The molecule has 2 saturated heterocycles. The molecule has 0 radical (unpaired) electrons. The van der Waals surface area contributed by atoms with Crippen LogP contribution in [-0.2, 0) is 30.3 Å². The zero-order valence-corrected chi connectivity index (χ0v) is 20.4. The molecule has 0 bridgehead atoms. The maximum atomic E-state index is 13.8. The molecule has 1 saturated carbocycles. The van der Waals surface area contributed by atoms with Gasteiger partial charge < -0.3 is 19.9 Å². The summed E-state index contributed by atoms with van der Waals surface area (Å²) in [5.41, 5.74) is -0.520. The molecule has 1 aromatic rings. The van der Waals surface area contributed by atoms with E-state index in [1.807, 2.05) is 42.5 Å². The number of ketones is 1. The lowest BCUT2D eigenvalue weighted by molar-refractivity contribution is -0.181. The van der Waals surface area contributed by atoms with Gasteiger partial charge in [-0.1, -0.05) is 62.4 Å². The van der Waals surface area contributed by atoms with Crippen molar-refractivity contribution in [1.29, 1.82) is 0 Å². The van der Waals surface area contributed by atoms with Crippen LogP contribution in [0.2, 0.25) is 0 Å². The number of carbonyl (C=O) groups excluding carboxylic acids is 3. The van der Waals surface area contributed by atoms with Crippen LogP contribution in [0.3, 0.4) is 0 Å². The number of amides is 1. The van der Waals surface area contributed by atoms with Crippen molar-refractivity contribution in [2.75, 3.05) is 6.61 Å². The molecule has 3 fully saturated rings. The largest absolute Gasteiger partial charge is 0.448 e. The van der Waals surface area contributed by atoms with E-state index in [4.69, 9.17) is 9.47 Å². The standard InChI is InChI=1S/C28H33NO6/c1-16-8-7-11-20-25-27(3,35-25)17(2)23-21(14-18-9-5-4-6-10-18)29-26(33)28(20,23)34-22(31)13-12-19(15-30)24(16)32/h4-7,9-12,16-17,20-21,23,25,30H,8,13-15H2,1-3H3,(H,29,33)/b11-7+,19-12-/t16-,17-,20-,21-,23-,25-,27+,28+/m0/s1. The van der Waals surface area contributed by atoms with E-state index < -0.39 is 29.7 Å². The van der Waals surface area contributed by atoms with Crippen LogP contribution < -0.4 is 5.32 Å². The number of carbonyl (C=O) groups is 3. The monoisotopic (exact) mass is 479 g/mol. The maximum absolute atomic E-state index is 13.8. The SMILES string of the molecule is C[C@H]1C/C=C/[C@H]2[C@@H]3O[C@]3(C)[C@@H](C)[C@H]3[C@H](Cc4ccccc4)NC(=O)[C@]32OC(=O)C/C=C(/CO)C1=O. The molecule has 1 aromatic carbocycles. The fourth-order valence-electron chi connectivity index (χ4n) is 6.54. The van der Waals surface area contributed by atoms with Gasteiger partial charge in [0.2, 0.25) is 5.60 Å². The minimum Gasteiger partial charge on any atom is -0.448 e. The van der Waals surface area contributed by atoms with Crippen molar-refractivity contribution in [3.8, 4) is 0 Å². The summed E-state index contributed by atoms with van der Waals surface area (Å²) in [6, 6.07) is 9.76. The lowest BCUT2D eigenvalue weighted by Gasteiger charge is -2.46. The average Bonchev–Trinajstić information content (AvgIpc) is 3.46. The molecule has 3 heterocycles. The van der Waals surface area contributed by atoms with Crippen LogP contribution in [0.1, 0.15) is 39.2 Å². The first-order chi connectivity index (χ1) is 16.7. The molecule has 7 heteroatoms. The molecule has 7 nitrogen and oxygen atoms in total. The fraction of sp³-hybridized carbons (Fsp3) is 0.536. The summed E-state index contributed by atoms with van der Waals surface area (Å²) in [4.78, 5) is 39.6. The van der Waals surface area contributed by atoms with Gasteiger partial charge in [0, 0.05) is 23.5 Å². The van der Waals surface area contributed by atoms with Gasteiger partial charge in [-0.2, -0.15) is 0 Å². The Balaban J connectivity index is 1.58. The second-order valence-electron chi connectivity index (χ2n) is 10.6. The topological polar surface area (TPSA) is 105 Å². The first-order valence-electron chi connectivity index (χ1n) is 12.5. The number of esters is 1. The molecule has 0 aromatic heterocycles. The molecule has 2 N–H and O–H groups in total. The number of Topliss-reactive ketones (excluding diaryl/α,β-unsaturated/α-hetero) is 1. The molecule has 3 aliphatic heterocycles. The quantitative estimate of drug-likeness (QED) is 0.392. The number of aliphatic hydroxyl groups excluding tert-OH is 1. The summed E-state index contributed by atoms with van der Waals surface area (Å²) < 4.78 is 12.4. The maximum Gasteiger partial charge on any atom is 0.310 e. The molecular formula is C28H33NO6. The van der Waals surface area contributed by atoms with Crippen LogP contribution in [0.15, 0.2) is 54.1 Å². The van der Waals surface area contributed by atoms with Gasteiger partial charge in [0.15, 0.2) is 5.78 Å². The minimum absolute atomic E-state index is 0.0328. The summed E-state index contributed by atoms with van der Waals surface area (Å²) in [7, 11) is 0. The van der Waals surface area contributed by atoms with Gasteiger partial charge >= 0.3 is 5.97 Å². The number of benzene rings is 1. The molecule has 5 rings (SSSR count). The van der Waals surface area contributed by atoms with Crippen LogP contribution in [-0.4, -0.2) is 52.7 Å². The lowest BCUT2D eigenvalue weighted by Crippen LogP contribution is -2.61. The predicted octanol–water partition coefficient (Wildman–Crippen LogP) is 2.52. The number of hydrogen-bond acceptors (Lipinski definition) is 6. The molecule has 8 atom stereocenters. The highest BCUT2D eigenvalue weighted by Crippen LogP contribution is 2.63. The van der Waals surface area contributed by atoms with Crippen molar-refractivity contribution in [2.24, 2.45) is 23.7 Å². The Morgan fingerprint density at radius 3 is 2.60 bits per heavy atom. The number of allylic oxidation sites excluding steroid dienone is 1. The zero-order chi connectivity index (χ0) is 25.0. The fourth-order valence-corrected chi connectivity index (χ4v) is 6.54. The second-order valence-corrected chi connectivity index (χ2v) is 10.6. The van der Waals surface area contributed by atoms with Crippen LogP contribution in [0, 0.1) is 23.7 Å². The number of aliphatic hydroxyl groups is 1. The summed E-state index contributed by atoms with van der Waals surface area (Å²) in [6.07, 6.45) is 5.88. The van der Waals surface area contributed by atoms with E-state index in [1.54, 1.807) is 6.92 Å². The van der Waals surface area contributed by atoms with Crippen molar-refractivity contribution < 1.29 is 29.0 Å². The van der Waals surface area contributed by atoms with Gasteiger partial charge in [-0.05, 0) is 31.2 Å². The van der Waals surface area contributed by atoms with Crippen molar-refractivity contribution in [3.63, 3.8) is 0 Å². The highest BCUT2D eigenvalue weighted by Gasteiger charge is 2.78. The number of ether oxygens (including phenoxy) is 2. The first kappa shape index (κ1) is 23.9. The van der Waals surface area contributed by atoms with Crippen LogP contribution in [0.4, 0.5) is 0 Å². The molecular weight excluding hydrogens is 446 g/mol. The van der Waals surface area contributed by atoms with E-state index >= 15 is 0 Å². The van der Waals surface area contributed by atoms with Crippen molar-refractivity contribution in [3.05, 3.63) is 59.7 Å². The highest BCUT2D eigenvalue weighted by atomic mass is 16.6. The first-order valence-corrected chi connectivity index (χ1v) is 12.5. The minimum atomic E-state index is -1.40. The van der Waals surface area contributed by atoms with Gasteiger partial charge in [0.1, 0.15) is 0 Å². The Morgan fingerprint density at radius 2 is 1.89 bits per heavy atom. The third-order valence-electron chi connectivity index (χ3n) is 8.62. The Labute approximate surface area is 205 Å². The third kappa shape index (κ3) is 3.76. The number of nitrogens with one attached hydrogen (secondary N) is 1. The van der Waals surface area contributed by atoms with Crippen molar-refractivity contribution >= 4 is 17.7 Å². The van der Waals surface area contributed by atoms with Gasteiger partial charge in [-0.25, -0.2) is 0 Å². The summed E-state index contributed by atoms with van der Waals surface area (Å²) in [6.45, 7) is 5.51. The number of epoxide rings is 1.